The van der Waals surface area contributed by atoms with Crippen LogP contribution in [0.5, 0.6) is 17.2 Å². The molecule has 0 spiro atoms. The van der Waals surface area contributed by atoms with Crippen LogP contribution >= 0.6 is 0 Å². The number of phenolic OH excluding ortho intramolecular Hbond substituents is 3. The predicted molar refractivity (Wildman–Crippen MR) is 444 cm³/mol. The standard InChI is InChI=1S/C31H36N2O7.C30H33N3O8.C29H31N3O7/c1-14(34)21-27(37)24(33(5)6)20-11-17-10-16-9-15-7-8-18(32-13-30(2,3)4)12-19(15)25(35)22(16)26(36)23(17)29(39)31(20,40)28(21)38;1-29(2,3)28(40)32-15-7-6-12-8-13-9-14-10-17-21(33(4)5)24(36)20(27(31)39)26(38)30(17,41)25(37)19(14)23(35)18(13)22(34)16(12)11-15;1-32(2)22-18-9-15-8-14-7-13-5-6-16(31-11-12-3-4-12)10-17(13)23(33)19(14)24(34)20(15)26(36)29(18,39)27(37)21(25(22)35)28(30)38/h7-9,12,17,20,24,32,35-36,38,40H,10-11,13H2,1-6H3;6-8,11,14,17,21,34-35,38,41H,9-10H2,1-5H3,(H2,31,39)(H,32,40);5-7,10,12,15,18,22,31,33-34,37,39H,3-4,8-9,11H2,1-2H3,(H2,30,38)/t17-,20-,24-,31+;14-,17-,21-,30-;15-,18-,22-,29-/m000/s1. The Morgan fingerprint density at radius 2 is 0.758 bits per heavy atom. The number of benzene rings is 6. The molecule has 0 aliphatic heterocycles. The van der Waals surface area contributed by atoms with Crippen LogP contribution in [0.1, 0.15) is 114 Å². The van der Waals surface area contributed by atoms with E-state index in [4.69, 9.17) is 11.5 Å². The summed E-state index contributed by atoms with van der Waals surface area (Å²) in [5.74, 6) is -18.6. The number of likely N-dealkylation sites (N-methyl/N-ethyl adjacent to an activating group) is 3. The van der Waals surface area contributed by atoms with Crippen molar-refractivity contribution in [1.82, 2.24) is 14.7 Å². The molecule has 120 heavy (non-hydrogen) atoms. The second-order valence-electron chi connectivity index (χ2n) is 36.6. The van der Waals surface area contributed by atoms with Crippen LogP contribution in [0.3, 0.4) is 0 Å². The number of carbonyl (C=O) groups excluding carboxylic acids is 10. The number of hydrogen-bond acceptors (Lipinski definition) is 27. The molecule has 0 unspecified atom stereocenters. The molecular formula is C90H100N8O22. The van der Waals surface area contributed by atoms with Gasteiger partial charge in [-0.1, -0.05) is 77.9 Å². The normalized spacial score (nSPS) is 27.1. The van der Waals surface area contributed by atoms with Gasteiger partial charge in [0.15, 0.2) is 39.9 Å². The summed E-state index contributed by atoms with van der Waals surface area (Å²) in [5.41, 5.74) is 3.46. The monoisotopic (exact) mass is 1640 g/mol. The third-order valence-electron chi connectivity index (χ3n) is 25.7. The van der Waals surface area contributed by atoms with Gasteiger partial charge in [0.05, 0.1) is 34.8 Å². The molecule has 4 saturated carbocycles. The van der Waals surface area contributed by atoms with E-state index in [1.165, 1.54) is 27.5 Å². The molecule has 4 fully saturated rings. The van der Waals surface area contributed by atoms with Gasteiger partial charge in [-0.15, -0.1) is 0 Å². The van der Waals surface area contributed by atoms with Crippen molar-refractivity contribution in [3.05, 3.63) is 157 Å². The van der Waals surface area contributed by atoms with Crippen LogP contribution in [-0.4, -0.2) is 224 Å². The Bertz CT molecular complexity index is 5820. The van der Waals surface area contributed by atoms with Crippen LogP contribution in [0.2, 0.25) is 0 Å². The number of nitrogens with two attached hydrogens (primary N) is 2. The van der Waals surface area contributed by atoms with E-state index in [1.807, 2.05) is 36.4 Å². The number of amides is 3. The van der Waals surface area contributed by atoms with Crippen molar-refractivity contribution in [2.75, 3.05) is 71.3 Å². The molecule has 0 saturated heterocycles. The molecule has 6 aromatic carbocycles. The summed E-state index contributed by atoms with van der Waals surface area (Å²) in [7, 11) is 9.48. The van der Waals surface area contributed by atoms with Gasteiger partial charge in [0, 0.05) is 86.2 Å². The van der Waals surface area contributed by atoms with Gasteiger partial charge in [0.25, 0.3) is 11.8 Å². The van der Waals surface area contributed by atoms with Crippen LogP contribution in [0.4, 0.5) is 17.1 Å². The number of Topliss-reactive ketones (excluding diaryl/α,β-unsaturated/α-hetero) is 7. The molecule has 19 N–H and O–H groups in total. The van der Waals surface area contributed by atoms with E-state index in [1.54, 1.807) is 99.5 Å². The van der Waals surface area contributed by atoms with Crippen molar-refractivity contribution < 1.29 is 109 Å². The number of hydrogen-bond donors (Lipinski definition) is 17. The van der Waals surface area contributed by atoms with E-state index in [9.17, 15) is 109 Å². The summed E-state index contributed by atoms with van der Waals surface area (Å²) < 4.78 is 0. The summed E-state index contributed by atoms with van der Waals surface area (Å²) in [6.07, 6.45) is 3.30. The lowest BCUT2D eigenvalue weighted by Gasteiger charge is -2.50. The fraction of sp³-hybridized carbons (Fsp3) is 0.422. The molecule has 0 bridgehead atoms. The number of nitrogens with one attached hydrogen (secondary N) is 3. The second-order valence-corrected chi connectivity index (χ2v) is 36.6. The zero-order valence-corrected chi connectivity index (χ0v) is 68.7. The largest absolute Gasteiger partial charge is 0.508 e. The topological polar surface area (TPSA) is 511 Å². The average molecular weight is 1650 g/mol. The van der Waals surface area contributed by atoms with E-state index in [-0.39, 0.29) is 101 Å². The van der Waals surface area contributed by atoms with Crippen molar-refractivity contribution in [2.45, 2.75) is 135 Å². The first-order valence-electron chi connectivity index (χ1n) is 39.8. The number of ketones is 7. The quantitative estimate of drug-likeness (QED) is 0.0521. The summed E-state index contributed by atoms with van der Waals surface area (Å²) in [6, 6.07) is 18.4. The van der Waals surface area contributed by atoms with E-state index >= 15 is 0 Å². The second kappa shape index (κ2) is 29.6. The number of nitrogens with zero attached hydrogens (tertiary/aromatic N) is 3. The van der Waals surface area contributed by atoms with Gasteiger partial charge in [-0.3, -0.25) is 62.6 Å². The molecule has 30 heteroatoms. The molecule has 16 rings (SSSR count). The fourth-order valence-corrected chi connectivity index (χ4v) is 19.7. The summed E-state index contributed by atoms with van der Waals surface area (Å²) in [4.78, 5) is 135. The zero-order chi connectivity index (χ0) is 87.8. The minimum absolute atomic E-state index is 0.00640. The van der Waals surface area contributed by atoms with Crippen molar-refractivity contribution in [2.24, 2.45) is 63.7 Å². The highest BCUT2D eigenvalue weighted by molar-refractivity contribution is 6.27. The first-order chi connectivity index (χ1) is 56.0. The zero-order valence-electron chi connectivity index (χ0n) is 68.7. The van der Waals surface area contributed by atoms with Gasteiger partial charge < -0.3 is 88.7 Å². The molecule has 0 heterocycles. The first-order valence-corrected chi connectivity index (χ1v) is 39.8. The van der Waals surface area contributed by atoms with Crippen LogP contribution in [0, 0.1) is 52.3 Å². The third-order valence-corrected chi connectivity index (χ3v) is 25.7. The van der Waals surface area contributed by atoms with Crippen LogP contribution < -0.4 is 27.4 Å². The minimum Gasteiger partial charge on any atom is -0.508 e. The minimum atomic E-state index is -2.69. The highest BCUT2D eigenvalue weighted by atomic mass is 16.4. The van der Waals surface area contributed by atoms with Crippen LogP contribution in [0.25, 0.3) is 49.6 Å². The number of anilines is 3. The summed E-state index contributed by atoms with van der Waals surface area (Å²) in [5, 5.41) is 149. The average Bonchev–Trinajstić information content (AvgIpc) is 1.05. The molecule has 0 radical (unpaired) electrons. The van der Waals surface area contributed by atoms with Crippen LogP contribution in [-0.2, 0) is 67.2 Å². The SMILES string of the molecule is CC(=O)C1=C(O)[C@@]2(O)C(=O)C3=C(O)c4c(cc5ccc(NCC(C)(C)C)cc5c4O)C[C@H]3C[C@H]2[C@H](N(C)C)C1=O.CN(C)[C@@H]1C(=O)C(C(N)=O)=C(O)[C@@]2(O)C(=O)C3=C(O)c4c(cc5ccc(NC(=O)C(C)(C)C)cc5c4O)C[C@H]3C[C@@H]12.CN(C)[C@@H]1C(=O)C(C(N)=O)=C(O)[C@@]2(O)C(=O)C3=C(O)c4c(cc5ccc(NCC6CC6)cc5c4O)C[C@H]3C[C@@H]12. The number of aliphatic hydroxyl groups is 9. The molecular weight excluding hydrogens is 1550 g/mol. The molecule has 0 aromatic heterocycles. The third kappa shape index (κ3) is 13.3. The van der Waals surface area contributed by atoms with E-state index in [2.05, 4.69) is 36.7 Å². The van der Waals surface area contributed by atoms with Crippen LogP contribution in [0.15, 0.2) is 124 Å². The highest BCUT2D eigenvalue weighted by Crippen LogP contribution is 2.58. The Kier molecular flexibility index (Phi) is 20.9. The Labute approximate surface area is 689 Å². The maximum atomic E-state index is 14.0. The van der Waals surface area contributed by atoms with Gasteiger partial charge in [0.1, 0.15) is 68.5 Å². The number of rotatable bonds is 12. The summed E-state index contributed by atoms with van der Waals surface area (Å²) >= 11 is 0. The fourth-order valence-electron chi connectivity index (χ4n) is 19.7. The molecule has 632 valence electrons. The number of carbonyl (C=O) groups is 10. The summed E-state index contributed by atoms with van der Waals surface area (Å²) in [6.45, 7) is 14.2. The number of aliphatic hydroxyl groups excluding tert-OH is 6. The molecule has 3 amide bonds. The molecule has 10 aliphatic carbocycles. The van der Waals surface area contributed by atoms with Crippen molar-refractivity contribution in [3.63, 3.8) is 0 Å². The Balaban J connectivity index is 0.000000147. The maximum Gasteiger partial charge on any atom is 0.255 e. The molecule has 12 atom stereocenters. The maximum absolute atomic E-state index is 14.0. The Morgan fingerprint density at radius 3 is 1.06 bits per heavy atom. The van der Waals surface area contributed by atoms with Gasteiger partial charge in [0.2, 0.25) is 23.3 Å². The number of phenols is 3. The molecule has 30 nitrogen and oxygen atoms in total. The highest BCUT2D eigenvalue weighted by Gasteiger charge is 2.68. The van der Waals surface area contributed by atoms with Gasteiger partial charge >= 0.3 is 0 Å². The molecule has 10 aliphatic rings. The number of fused-ring (bicyclic) bond motifs is 12. The van der Waals surface area contributed by atoms with Gasteiger partial charge in [-0.25, -0.2) is 0 Å². The lowest BCUT2D eigenvalue weighted by atomic mass is 9.57. The number of aromatic hydroxyl groups is 3. The lowest BCUT2D eigenvalue weighted by molar-refractivity contribution is -0.155. The van der Waals surface area contributed by atoms with Crippen molar-refractivity contribution >= 4 is 125 Å². The van der Waals surface area contributed by atoms with E-state index < -0.39 is 179 Å². The Morgan fingerprint density at radius 1 is 0.450 bits per heavy atom. The Hall–Kier alpha value is -11.8. The predicted octanol–water partition coefficient (Wildman–Crippen LogP) is 7.72. The molecule has 6 aromatic rings. The first kappa shape index (κ1) is 84.6. The lowest BCUT2D eigenvalue weighted by Crippen LogP contribution is -2.65. The van der Waals surface area contributed by atoms with Crippen molar-refractivity contribution in [3.8, 4) is 17.2 Å². The van der Waals surface area contributed by atoms with E-state index in [0.29, 0.717) is 56.4 Å². The smallest absolute Gasteiger partial charge is 0.255 e. The van der Waals surface area contributed by atoms with E-state index in [0.717, 1.165) is 35.6 Å². The van der Waals surface area contributed by atoms with Gasteiger partial charge in [-0.2, -0.15) is 0 Å². The van der Waals surface area contributed by atoms with Crippen molar-refractivity contribution in [1.29, 1.82) is 0 Å². The van der Waals surface area contributed by atoms with Gasteiger partial charge in [-0.05, 0) is 199 Å². The number of primary amides is 2.